The van der Waals surface area contributed by atoms with Gasteiger partial charge in [-0.25, -0.2) is 8.42 Å². The van der Waals surface area contributed by atoms with Crippen LogP contribution in [-0.4, -0.2) is 40.3 Å². The Morgan fingerprint density at radius 2 is 1.79 bits per heavy atom. The van der Waals surface area contributed by atoms with Crippen LogP contribution >= 0.6 is 0 Å². The van der Waals surface area contributed by atoms with Crippen LogP contribution in [0.5, 0.6) is 11.5 Å². The Labute approximate surface area is 166 Å². The van der Waals surface area contributed by atoms with Gasteiger partial charge in [0, 0.05) is 12.6 Å². The third-order valence-electron chi connectivity index (χ3n) is 3.81. The number of rotatable bonds is 9. The van der Waals surface area contributed by atoms with Gasteiger partial charge in [0.25, 0.3) is 0 Å². The lowest BCUT2D eigenvalue weighted by molar-refractivity contribution is -0.119. The summed E-state index contributed by atoms with van der Waals surface area (Å²) in [6, 6.07) is 13.9. The van der Waals surface area contributed by atoms with Gasteiger partial charge in [-0.15, -0.1) is 0 Å². The van der Waals surface area contributed by atoms with Gasteiger partial charge in [-0.05, 0) is 43.7 Å². The third kappa shape index (κ3) is 6.45. The number of amides is 1. The monoisotopic (exact) mass is 406 g/mol. The molecule has 0 aliphatic carbocycles. The Bertz CT molecular complexity index is 895. The standard InChI is InChI=1S/C20H26N2O5S/c1-15(2)27-19-7-5-6-17(12-19)22(28(4,24)25)14-20(23)21-13-16-8-10-18(26-3)11-9-16/h5-12,15H,13-14H2,1-4H3,(H,21,23). The number of benzene rings is 2. The van der Waals surface area contributed by atoms with Crippen LogP contribution in [0.4, 0.5) is 5.69 Å². The molecule has 2 rings (SSSR count). The minimum absolute atomic E-state index is 0.0465. The van der Waals surface area contributed by atoms with E-state index in [1.165, 1.54) is 0 Å². The van der Waals surface area contributed by atoms with E-state index in [1.54, 1.807) is 43.5 Å². The summed E-state index contributed by atoms with van der Waals surface area (Å²) in [4.78, 5) is 12.4. The van der Waals surface area contributed by atoms with Gasteiger partial charge in [0.2, 0.25) is 15.9 Å². The van der Waals surface area contributed by atoms with Crippen LogP contribution in [0.15, 0.2) is 48.5 Å². The van der Waals surface area contributed by atoms with E-state index in [1.807, 2.05) is 26.0 Å². The molecule has 0 unspecified atom stereocenters. The Morgan fingerprint density at radius 1 is 1.11 bits per heavy atom. The molecule has 2 aromatic carbocycles. The zero-order valence-corrected chi connectivity index (χ0v) is 17.3. The molecule has 0 atom stereocenters. The van der Waals surface area contributed by atoms with Crippen LogP contribution in [0.1, 0.15) is 19.4 Å². The zero-order valence-electron chi connectivity index (χ0n) is 16.5. The fraction of sp³-hybridized carbons (Fsp3) is 0.350. The lowest BCUT2D eigenvalue weighted by Gasteiger charge is -2.22. The number of carbonyl (C=O) groups excluding carboxylic acids is 1. The molecule has 152 valence electrons. The first kappa shape index (κ1) is 21.6. The van der Waals surface area contributed by atoms with Crippen molar-refractivity contribution in [2.45, 2.75) is 26.5 Å². The summed E-state index contributed by atoms with van der Waals surface area (Å²) in [6.45, 7) is 3.73. The average molecular weight is 407 g/mol. The second-order valence-corrected chi connectivity index (χ2v) is 8.47. The van der Waals surface area contributed by atoms with Gasteiger partial charge in [-0.1, -0.05) is 18.2 Å². The van der Waals surface area contributed by atoms with E-state index in [-0.39, 0.29) is 19.2 Å². The summed E-state index contributed by atoms with van der Waals surface area (Å²) in [7, 11) is -2.07. The molecule has 28 heavy (non-hydrogen) atoms. The minimum Gasteiger partial charge on any atom is -0.497 e. The molecule has 0 aliphatic heterocycles. The number of nitrogens with one attached hydrogen (secondary N) is 1. The Kier molecular flexibility index (Phi) is 7.28. The molecule has 0 radical (unpaired) electrons. The molecule has 2 aromatic rings. The maximum atomic E-state index is 12.4. The lowest BCUT2D eigenvalue weighted by Crippen LogP contribution is -2.40. The van der Waals surface area contributed by atoms with E-state index in [0.717, 1.165) is 21.9 Å². The molecule has 0 saturated carbocycles. The molecule has 1 amide bonds. The second kappa shape index (κ2) is 9.45. The summed E-state index contributed by atoms with van der Waals surface area (Å²) in [5.41, 5.74) is 1.26. The van der Waals surface area contributed by atoms with Gasteiger partial charge >= 0.3 is 0 Å². The molecule has 8 heteroatoms. The molecular weight excluding hydrogens is 380 g/mol. The van der Waals surface area contributed by atoms with Gasteiger partial charge in [0.15, 0.2) is 0 Å². The van der Waals surface area contributed by atoms with E-state index in [0.29, 0.717) is 11.4 Å². The quantitative estimate of drug-likeness (QED) is 0.692. The molecule has 7 nitrogen and oxygen atoms in total. The smallest absolute Gasteiger partial charge is 0.241 e. The van der Waals surface area contributed by atoms with Crippen molar-refractivity contribution in [1.29, 1.82) is 0 Å². The van der Waals surface area contributed by atoms with Crippen molar-refractivity contribution in [3.8, 4) is 11.5 Å². The number of ether oxygens (including phenoxy) is 2. The molecule has 0 aliphatic rings. The Hall–Kier alpha value is -2.74. The summed E-state index contributed by atoms with van der Waals surface area (Å²) < 4.78 is 36.2. The van der Waals surface area contributed by atoms with E-state index in [4.69, 9.17) is 9.47 Å². The first-order valence-corrected chi connectivity index (χ1v) is 10.7. The molecule has 0 saturated heterocycles. The number of hydrogen-bond donors (Lipinski definition) is 1. The van der Waals surface area contributed by atoms with Crippen LogP contribution < -0.4 is 19.1 Å². The lowest BCUT2D eigenvalue weighted by atomic mass is 10.2. The van der Waals surface area contributed by atoms with Gasteiger partial charge in [-0.3, -0.25) is 9.10 Å². The van der Waals surface area contributed by atoms with E-state index in [2.05, 4.69) is 5.32 Å². The van der Waals surface area contributed by atoms with Crippen molar-refractivity contribution in [2.24, 2.45) is 0 Å². The fourth-order valence-electron chi connectivity index (χ4n) is 2.51. The number of anilines is 1. The van der Waals surface area contributed by atoms with Gasteiger partial charge < -0.3 is 14.8 Å². The first-order valence-electron chi connectivity index (χ1n) is 8.83. The minimum atomic E-state index is -3.65. The highest BCUT2D eigenvalue weighted by Crippen LogP contribution is 2.24. The summed E-state index contributed by atoms with van der Waals surface area (Å²) in [6.07, 6.45) is 1.02. The highest BCUT2D eigenvalue weighted by molar-refractivity contribution is 7.92. The first-order chi connectivity index (χ1) is 13.2. The van der Waals surface area contributed by atoms with E-state index >= 15 is 0 Å². The molecule has 1 N–H and O–H groups in total. The molecule has 0 spiro atoms. The molecule has 0 bridgehead atoms. The molecule has 0 fully saturated rings. The van der Waals surface area contributed by atoms with Crippen LogP contribution in [0.2, 0.25) is 0 Å². The summed E-state index contributed by atoms with van der Waals surface area (Å²) >= 11 is 0. The Balaban J connectivity index is 2.08. The van der Waals surface area contributed by atoms with Crippen molar-refractivity contribution >= 4 is 21.6 Å². The number of nitrogens with zero attached hydrogens (tertiary/aromatic N) is 1. The summed E-state index contributed by atoms with van der Waals surface area (Å²) in [5, 5.41) is 2.74. The molecule has 0 aromatic heterocycles. The van der Waals surface area contributed by atoms with Crippen molar-refractivity contribution in [2.75, 3.05) is 24.2 Å². The Morgan fingerprint density at radius 3 is 2.36 bits per heavy atom. The maximum absolute atomic E-state index is 12.4. The van der Waals surface area contributed by atoms with Crippen molar-refractivity contribution in [3.63, 3.8) is 0 Å². The van der Waals surface area contributed by atoms with Gasteiger partial charge in [-0.2, -0.15) is 0 Å². The third-order valence-corrected chi connectivity index (χ3v) is 4.95. The van der Waals surface area contributed by atoms with Crippen molar-refractivity contribution in [3.05, 3.63) is 54.1 Å². The van der Waals surface area contributed by atoms with E-state index < -0.39 is 15.9 Å². The largest absolute Gasteiger partial charge is 0.497 e. The van der Waals surface area contributed by atoms with Crippen LogP contribution in [0.3, 0.4) is 0 Å². The van der Waals surface area contributed by atoms with Crippen molar-refractivity contribution in [1.82, 2.24) is 5.32 Å². The van der Waals surface area contributed by atoms with Crippen molar-refractivity contribution < 1.29 is 22.7 Å². The van der Waals surface area contributed by atoms with E-state index in [9.17, 15) is 13.2 Å². The predicted molar refractivity (Wildman–Crippen MR) is 109 cm³/mol. The highest BCUT2D eigenvalue weighted by Gasteiger charge is 2.21. The maximum Gasteiger partial charge on any atom is 0.241 e. The van der Waals surface area contributed by atoms with Gasteiger partial charge in [0.05, 0.1) is 25.2 Å². The summed E-state index contributed by atoms with van der Waals surface area (Å²) in [5.74, 6) is 0.859. The highest BCUT2D eigenvalue weighted by atomic mass is 32.2. The van der Waals surface area contributed by atoms with Crippen LogP contribution in [0, 0.1) is 0 Å². The molecular formula is C20H26N2O5S. The predicted octanol–water partition coefficient (Wildman–Crippen LogP) is 2.56. The van der Waals surface area contributed by atoms with Crippen LogP contribution in [0.25, 0.3) is 0 Å². The fourth-order valence-corrected chi connectivity index (χ4v) is 3.36. The number of sulfonamides is 1. The second-order valence-electron chi connectivity index (χ2n) is 6.56. The van der Waals surface area contributed by atoms with Crippen LogP contribution in [-0.2, 0) is 21.4 Å². The number of carbonyl (C=O) groups is 1. The number of hydrogen-bond acceptors (Lipinski definition) is 5. The van der Waals surface area contributed by atoms with Gasteiger partial charge in [0.1, 0.15) is 18.0 Å². The number of methoxy groups -OCH3 is 1. The SMILES string of the molecule is COc1ccc(CNC(=O)CN(c2cccc(OC(C)C)c2)S(C)(=O)=O)cc1. The zero-order chi connectivity index (χ0) is 20.7. The molecule has 0 heterocycles. The average Bonchev–Trinajstić information content (AvgIpc) is 2.63. The topological polar surface area (TPSA) is 84.9 Å². The normalized spacial score (nSPS) is 11.2.